The fourth-order valence-electron chi connectivity index (χ4n) is 1.94. The van der Waals surface area contributed by atoms with E-state index in [2.05, 4.69) is 22.6 Å². The minimum Gasteiger partial charge on any atom is -0.294 e. The van der Waals surface area contributed by atoms with E-state index in [0.717, 1.165) is 10.5 Å². The molecule has 4 nitrogen and oxygen atoms in total. The number of hydrogen-bond acceptors (Lipinski definition) is 4. The molecule has 0 aliphatic carbocycles. The van der Waals surface area contributed by atoms with Gasteiger partial charge in [-0.3, -0.25) is 9.36 Å². The van der Waals surface area contributed by atoms with E-state index >= 15 is 0 Å². The molecule has 0 unspecified atom stereocenters. The third kappa shape index (κ3) is 2.24. The zero-order chi connectivity index (χ0) is 13.2. The predicted octanol–water partition coefficient (Wildman–Crippen LogP) is 2.13. The van der Waals surface area contributed by atoms with Gasteiger partial charge in [-0.1, -0.05) is 18.2 Å². The fourth-order valence-corrected chi connectivity index (χ4v) is 2.17. The van der Waals surface area contributed by atoms with Crippen molar-refractivity contribution >= 4 is 23.7 Å². The second-order valence-corrected chi connectivity index (χ2v) is 4.66. The number of rotatable bonds is 2. The summed E-state index contributed by atoms with van der Waals surface area (Å²) in [4.78, 5) is 21.4. The number of nitrogens with zero attached hydrogens (tertiary/aromatic N) is 3. The summed E-state index contributed by atoms with van der Waals surface area (Å²) < 4.78 is 1.57. The zero-order valence-corrected chi connectivity index (χ0v) is 10.9. The van der Waals surface area contributed by atoms with Crippen molar-refractivity contribution in [3.8, 4) is 0 Å². The smallest absolute Gasteiger partial charge is 0.263 e. The molecule has 0 fully saturated rings. The molecule has 0 saturated carbocycles. The van der Waals surface area contributed by atoms with Crippen LogP contribution in [0.25, 0.3) is 11.0 Å². The number of hydrogen-bond donors (Lipinski definition) is 1. The predicted molar refractivity (Wildman–Crippen MR) is 76.6 cm³/mol. The largest absolute Gasteiger partial charge is 0.294 e. The molecule has 0 atom stereocenters. The Bertz CT molecular complexity index is 798. The van der Waals surface area contributed by atoms with Crippen LogP contribution in [-0.2, 0) is 6.54 Å². The molecule has 0 aliphatic rings. The van der Waals surface area contributed by atoms with Gasteiger partial charge in [0.25, 0.3) is 5.56 Å². The van der Waals surface area contributed by atoms with Gasteiger partial charge in [0, 0.05) is 11.1 Å². The third-order valence-corrected chi connectivity index (χ3v) is 3.37. The first-order valence-electron chi connectivity index (χ1n) is 5.83. The summed E-state index contributed by atoms with van der Waals surface area (Å²) in [5.74, 6) is 0. The first kappa shape index (κ1) is 11.9. The minimum atomic E-state index is -0.0883. The average Bonchev–Trinajstić information content (AvgIpc) is 2.44. The van der Waals surface area contributed by atoms with Crippen molar-refractivity contribution in [3.63, 3.8) is 0 Å². The van der Waals surface area contributed by atoms with E-state index in [1.165, 1.54) is 6.33 Å². The summed E-state index contributed by atoms with van der Waals surface area (Å²) in [5.41, 5.74) is 1.37. The summed E-state index contributed by atoms with van der Waals surface area (Å²) in [6.07, 6.45) is 3.15. The van der Waals surface area contributed by atoms with Gasteiger partial charge in [-0.05, 0) is 23.8 Å². The highest BCUT2D eigenvalue weighted by Crippen LogP contribution is 2.13. The van der Waals surface area contributed by atoms with Crippen LogP contribution in [0.4, 0.5) is 0 Å². The molecule has 0 N–H and O–H groups in total. The Morgan fingerprint density at radius 2 is 1.95 bits per heavy atom. The molecule has 2 aromatic heterocycles. The van der Waals surface area contributed by atoms with E-state index in [0.29, 0.717) is 17.6 Å². The molecule has 3 aromatic rings. The molecule has 0 saturated heterocycles. The Morgan fingerprint density at radius 1 is 1.11 bits per heavy atom. The summed E-state index contributed by atoms with van der Waals surface area (Å²) >= 11 is 4.39. The summed E-state index contributed by atoms with van der Waals surface area (Å²) in [5, 5.41) is 0.529. The quantitative estimate of drug-likeness (QED) is 0.725. The van der Waals surface area contributed by atoms with Crippen LogP contribution in [0.3, 0.4) is 0 Å². The summed E-state index contributed by atoms with van der Waals surface area (Å²) in [6, 6.07) is 11.2. The van der Waals surface area contributed by atoms with Crippen molar-refractivity contribution < 1.29 is 0 Å². The molecule has 94 valence electrons. The standard InChI is InChI=1S/C14H11N3OS/c18-14-11-5-3-7-15-13(11)16-9-17(14)8-10-4-1-2-6-12(10)19/h1-7,9,19H,8H2. The topological polar surface area (TPSA) is 47.8 Å². The number of thiol groups is 1. The molecule has 3 rings (SSSR count). The molecule has 0 amide bonds. The molecule has 19 heavy (non-hydrogen) atoms. The van der Waals surface area contributed by atoms with Crippen molar-refractivity contribution in [2.24, 2.45) is 0 Å². The number of aromatic nitrogens is 3. The molecule has 0 aliphatic heterocycles. The van der Waals surface area contributed by atoms with Crippen LogP contribution in [-0.4, -0.2) is 14.5 Å². The molecular formula is C14H11N3OS. The zero-order valence-electron chi connectivity index (χ0n) is 10.0. The van der Waals surface area contributed by atoms with Gasteiger partial charge in [0.05, 0.1) is 11.9 Å². The molecule has 5 heteroatoms. The van der Waals surface area contributed by atoms with Gasteiger partial charge in [-0.25, -0.2) is 9.97 Å². The molecule has 0 spiro atoms. The lowest BCUT2D eigenvalue weighted by Crippen LogP contribution is -2.21. The lowest BCUT2D eigenvalue weighted by atomic mass is 10.2. The number of fused-ring (bicyclic) bond motifs is 1. The van der Waals surface area contributed by atoms with Crippen LogP contribution in [0.5, 0.6) is 0 Å². The first-order valence-corrected chi connectivity index (χ1v) is 6.27. The van der Waals surface area contributed by atoms with Gasteiger partial charge in [-0.15, -0.1) is 12.6 Å². The van der Waals surface area contributed by atoms with Crippen LogP contribution in [0.1, 0.15) is 5.56 Å². The van der Waals surface area contributed by atoms with Gasteiger partial charge in [0.2, 0.25) is 0 Å². The van der Waals surface area contributed by atoms with Gasteiger partial charge in [-0.2, -0.15) is 0 Å². The van der Waals surface area contributed by atoms with E-state index in [4.69, 9.17) is 0 Å². The van der Waals surface area contributed by atoms with Crippen LogP contribution >= 0.6 is 12.6 Å². The van der Waals surface area contributed by atoms with Crippen LogP contribution in [0, 0.1) is 0 Å². The summed E-state index contributed by atoms with van der Waals surface area (Å²) in [7, 11) is 0. The van der Waals surface area contributed by atoms with E-state index in [-0.39, 0.29) is 5.56 Å². The van der Waals surface area contributed by atoms with E-state index in [9.17, 15) is 4.79 Å². The van der Waals surface area contributed by atoms with Gasteiger partial charge in [0.1, 0.15) is 6.33 Å². The lowest BCUT2D eigenvalue weighted by molar-refractivity contribution is 0.737. The lowest BCUT2D eigenvalue weighted by Gasteiger charge is -2.08. The molecule has 2 heterocycles. The van der Waals surface area contributed by atoms with Crippen molar-refractivity contribution in [1.29, 1.82) is 0 Å². The highest BCUT2D eigenvalue weighted by atomic mass is 32.1. The maximum absolute atomic E-state index is 12.3. The number of pyridine rings is 1. The highest BCUT2D eigenvalue weighted by Gasteiger charge is 2.06. The van der Waals surface area contributed by atoms with Crippen molar-refractivity contribution in [2.45, 2.75) is 11.4 Å². The molecular weight excluding hydrogens is 258 g/mol. The van der Waals surface area contributed by atoms with E-state index in [1.54, 1.807) is 22.9 Å². The highest BCUT2D eigenvalue weighted by molar-refractivity contribution is 7.80. The Kier molecular flexibility index (Phi) is 3.05. The van der Waals surface area contributed by atoms with Crippen LogP contribution in [0.2, 0.25) is 0 Å². The Labute approximate surface area is 115 Å². The average molecular weight is 269 g/mol. The van der Waals surface area contributed by atoms with Gasteiger partial charge >= 0.3 is 0 Å². The maximum Gasteiger partial charge on any atom is 0.263 e. The normalized spacial score (nSPS) is 10.8. The molecule has 0 radical (unpaired) electrons. The molecule has 1 aromatic carbocycles. The fraction of sp³-hybridized carbons (Fsp3) is 0.0714. The SMILES string of the molecule is O=c1c2cccnc2ncn1Cc1ccccc1S. The van der Waals surface area contributed by atoms with E-state index < -0.39 is 0 Å². The molecule has 0 bridgehead atoms. The van der Waals surface area contributed by atoms with Crippen molar-refractivity contribution in [2.75, 3.05) is 0 Å². The Morgan fingerprint density at radius 3 is 2.79 bits per heavy atom. The number of benzene rings is 1. The van der Waals surface area contributed by atoms with Gasteiger partial charge < -0.3 is 0 Å². The second-order valence-electron chi connectivity index (χ2n) is 4.18. The van der Waals surface area contributed by atoms with E-state index in [1.807, 2.05) is 24.3 Å². The monoisotopic (exact) mass is 269 g/mol. The summed E-state index contributed by atoms with van der Waals surface area (Å²) in [6.45, 7) is 0.455. The maximum atomic E-state index is 12.3. The van der Waals surface area contributed by atoms with Gasteiger partial charge in [0.15, 0.2) is 5.65 Å². The first-order chi connectivity index (χ1) is 9.25. The minimum absolute atomic E-state index is 0.0883. The van der Waals surface area contributed by atoms with Crippen molar-refractivity contribution in [3.05, 3.63) is 64.8 Å². The second kappa shape index (κ2) is 4.85. The van der Waals surface area contributed by atoms with Crippen molar-refractivity contribution in [1.82, 2.24) is 14.5 Å². The van der Waals surface area contributed by atoms with Crippen LogP contribution in [0.15, 0.2) is 58.6 Å². The van der Waals surface area contributed by atoms with Crippen LogP contribution < -0.4 is 5.56 Å². The Hall–Kier alpha value is -2.14. The third-order valence-electron chi connectivity index (χ3n) is 2.93. The Balaban J connectivity index is 2.10.